The van der Waals surface area contributed by atoms with Crippen LogP contribution in [-0.2, 0) is 0 Å². The number of rotatable bonds is 9. The quantitative estimate of drug-likeness (QED) is 0.229. The minimum Gasteiger partial charge on any atom is -0.475 e. The van der Waals surface area contributed by atoms with Crippen molar-refractivity contribution in [3.05, 3.63) is 83.4 Å². The molecule has 0 spiro atoms. The van der Waals surface area contributed by atoms with Gasteiger partial charge in [0.25, 0.3) is 5.91 Å². The molecule has 0 aliphatic rings. The Morgan fingerprint density at radius 1 is 1.07 bits per heavy atom. The van der Waals surface area contributed by atoms with E-state index in [9.17, 15) is 19.5 Å². The Kier molecular flexibility index (Phi) is 10.5. The number of aromatic nitrogens is 4. The summed E-state index contributed by atoms with van der Waals surface area (Å²) >= 11 is 0. The highest BCUT2D eigenvalue weighted by Crippen LogP contribution is 2.32. The number of hydrogen-bond donors (Lipinski definition) is 4. The second kappa shape index (κ2) is 14.2. The maximum Gasteiger partial charge on any atom is 0.276 e. The van der Waals surface area contributed by atoms with E-state index in [0.717, 1.165) is 16.7 Å². The second-order valence-electron chi connectivity index (χ2n) is 8.42. The summed E-state index contributed by atoms with van der Waals surface area (Å²) in [6.07, 6.45) is 3.34. The zero-order valence-corrected chi connectivity index (χ0v) is 22.2. The summed E-state index contributed by atoms with van der Waals surface area (Å²) in [5, 5.41) is 22.1. The van der Waals surface area contributed by atoms with Crippen molar-refractivity contribution in [3.8, 4) is 28.3 Å². The van der Waals surface area contributed by atoms with E-state index in [1.165, 1.54) is 18.5 Å². The van der Waals surface area contributed by atoms with Crippen LogP contribution in [0.4, 0.5) is 5.69 Å². The number of aldehydes is 1. The fourth-order valence-electron chi connectivity index (χ4n) is 3.52. The largest absolute Gasteiger partial charge is 0.475 e. The number of anilines is 1. The molecule has 1 aromatic carbocycles. The Balaban J connectivity index is 0.00000141. The third-order valence-electron chi connectivity index (χ3n) is 5.32. The average molecular weight is 544 g/mol. The summed E-state index contributed by atoms with van der Waals surface area (Å²) in [4.78, 5) is 43.9. The first-order chi connectivity index (χ1) is 19.3. The van der Waals surface area contributed by atoms with Crippen molar-refractivity contribution in [2.24, 2.45) is 5.73 Å². The fourth-order valence-corrected chi connectivity index (χ4v) is 3.52. The molecule has 3 aromatic heterocycles. The molecule has 2 amide bonds. The molecule has 4 rings (SSSR count). The van der Waals surface area contributed by atoms with Crippen LogP contribution in [0.5, 0.6) is 5.88 Å². The van der Waals surface area contributed by atoms with E-state index in [1.54, 1.807) is 30.3 Å². The molecular weight excluding hydrogens is 514 g/mol. The van der Waals surface area contributed by atoms with Crippen LogP contribution in [0.3, 0.4) is 0 Å². The van der Waals surface area contributed by atoms with Crippen LogP contribution in [0, 0.1) is 6.92 Å². The van der Waals surface area contributed by atoms with Gasteiger partial charge in [0.1, 0.15) is 12.3 Å². The van der Waals surface area contributed by atoms with Gasteiger partial charge >= 0.3 is 0 Å². The van der Waals surface area contributed by atoms with Gasteiger partial charge in [-0.15, -0.1) is 5.10 Å². The van der Waals surface area contributed by atoms with Gasteiger partial charge in [0.2, 0.25) is 11.8 Å². The number of primary amides is 1. The molecule has 0 fully saturated rings. The number of nitrogens with one attached hydrogen (secondary N) is 2. The summed E-state index contributed by atoms with van der Waals surface area (Å²) in [6.45, 7) is 1.77. The van der Waals surface area contributed by atoms with Crippen LogP contribution in [0.2, 0.25) is 0 Å². The Bertz CT molecular complexity index is 1510. The van der Waals surface area contributed by atoms with Crippen LogP contribution >= 0.6 is 0 Å². The highest BCUT2D eigenvalue weighted by atomic mass is 16.5. The SMILES string of the molecule is CNC.Cc1ccc(NC(=O)c2cc(C(N)=O)cnn2)cc1-c1cc(OCCO)nc(-c2ccnc(C=O)c2)c1. The first-order valence-corrected chi connectivity index (χ1v) is 12.1. The number of hydrogen-bond acceptors (Lipinski definition) is 10. The molecule has 0 atom stereocenters. The lowest BCUT2D eigenvalue weighted by Crippen LogP contribution is -2.18. The molecule has 0 bridgehead atoms. The van der Waals surface area contributed by atoms with Gasteiger partial charge in [0.15, 0.2) is 12.0 Å². The predicted molar refractivity (Wildman–Crippen MR) is 149 cm³/mol. The number of aliphatic hydroxyl groups excluding tert-OH is 1. The molecule has 0 saturated heterocycles. The number of carbonyl (C=O) groups is 3. The van der Waals surface area contributed by atoms with Gasteiger partial charge in [-0.2, -0.15) is 5.10 Å². The number of nitrogens with zero attached hydrogens (tertiary/aromatic N) is 4. The number of carbonyl (C=O) groups excluding carboxylic acids is 3. The molecule has 4 aromatic rings. The van der Waals surface area contributed by atoms with E-state index in [4.69, 9.17) is 10.5 Å². The van der Waals surface area contributed by atoms with E-state index in [0.29, 0.717) is 23.2 Å². The van der Waals surface area contributed by atoms with Crippen molar-refractivity contribution in [2.75, 3.05) is 32.6 Å². The Hall–Kier alpha value is -5.07. The van der Waals surface area contributed by atoms with Gasteiger partial charge < -0.3 is 26.2 Å². The monoisotopic (exact) mass is 543 g/mol. The molecule has 12 nitrogen and oxygen atoms in total. The fraction of sp³-hybridized carbons (Fsp3) is 0.179. The summed E-state index contributed by atoms with van der Waals surface area (Å²) < 4.78 is 5.59. The topological polar surface area (TPSA) is 182 Å². The number of aliphatic hydroxyl groups is 1. The van der Waals surface area contributed by atoms with Gasteiger partial charge in [-0.1, -0.05) is 6.07 Å². The highest BCUT2D eigenvalue weighted by Gasteiger charge is 2.15. The molecule has 40 heavy (non-hydrogen) atoms. The molecule has 206 valence electrons. The average Bonchev–Trinajstić information content (AvgIpc) is 2.97. The maximum atomic E-state index is 12.7. The van der Waals surface area contributed by atoms with E-state index in [1.807, 2.05) is 33.2 Å². The lowest BCUT2D eigenvalue weighted by molar-refractivity contribution is 0.0999. The van der Waals surface area contributed by atoms with Gasteiger partial charge in [-0.3, -0.25) is 19.4 Å². The smallest absolute Gasteiger partial charge is 0.276 e. The molecule has 3 heterocycles. The van der Waals surface area contributed by atoms with Crippen LogP contribution in [-0.4, -0.2) is 70.7 Å². The maximum absolute atomic E-state index is 12.7. The summed E-state index contributed by atoms with van der Waals surface area (Å²) in [5.41, 5.74) is 9.59. The van der Waals surface area contributed by atoms with Gasteiger partial charge in [0.05, 0.1) is 24.1 Å². The van der Waals surface area contributed by atoms with E-state index >= 15 is 0 Å². The Labute approximate surface area is 230 Å². The van der Waals surface area contributed by atoms with Gasteiger partial charge in [-0.25, -0.2) is 4.98 Å². The third kappa shape index (κ3) is 7.72. The minimum absolute atomic E-state index is 0.0479. The molecule has 12 heteroatoms. The summed E-state index contributed by atoms with van der Waals surface area (Å²) in [6, 6.07) is 13.5. The number of amides is 2. The standard InChI is InChI=1S/C26H22N6O5.C2H7N/c1-15-2-3-19(30-26(36)23-10-18(25(27)35)13-29-32-23)12-21(15)17-9-22(31-24(11-17)37-7-6-33)16-4-5-28-20(8-16)14-34;1-3-2/h2-5,8-14,33H,6-7H2,1H3,(H2,27,35)(H,30,36);3H,1-2H3. The molecule has 0 aliphatic heterocycles. The van der Waals surface area contributed by atoms with Crippen molar-refractivity contribution < 1.29 is 24.2 Å². The number of nitrogens with two attached hydrogens (primary N) is 1. The van der Waals surface area contributed by atoms with E-state index in [-0.39, 0.29) is 36.0 Å². The number of aryl methyl sites for hydroxylation is 1. The summed E-state index contributed by atoms with van der Waals surface area (Å²) in [5.74, 6) is -1.01. The van der Waals surface area contributed by atoms with Crippen LogP contribution in [0.15, 0.2) is 60.9 Å². The van der Waals surface area contributed by atoms with Gasteiger partial charge in [0, 0.05) is 23.5 Å². The predicted octanol–water partition coefficient (Wildman–Crippen LogP) is 2.28. The molecule has 0 aliphatic carbocycles. The van der Waals surface area contributed by atoms with Crippen molar-refractivity contribution in [3.63, 3.8) is 0 Å². The third-order valence-corrected chi connectivity index (χ3v) is 5.32. The highest BCUT2D eigenvalue weighted by molar-refractivity contribution is 6.04. The molecular formula is C28H29N7O5. The Morgan fingerprint density at radius 2 is 1.85 bits per heavy atom. The second-order valence-corrected chi connectivity index (χ2v) is 8.42. The van der Waals surface area contributed by atoms with Crippen molar-refractivity contribution in [1.82, 2.24) is 25.5 Å². The molecule has 5 N–H and O–H groups in total. The number of ether oxygens (including phenoxy) is 1. The number of pyridine rings is 2. The van der Waals surface area contributed by atoms with Gasteiger partial charge in [-0.05, 0) is 74.1 Å². The normalized spacial score (nSPS) is 10.2. The first-order valence-electron chi connectivity index (χ1n) is 12.1. The first kappa shape index (κ1) is 29.5. The Morgan fingerprint density at radius 3 is 2.55 bits per heavy atom. The van der Waals surface area contributed by atoms with Crippen LogP contribution < -0.4 is 21.1 Å². The van der Waals surface area contributed by atoms with Crippen LogP contribution in [0.25, 0.3) is 22.4 Å². The van der Waals surface area contributed by atoms with Crippen molar-refractivity contribution >= 4 is 23.8 Å². The summed E-state index contributed by atoms with van der Waals surface area (Å²) in [7, 11) is 3.75. The lowest BCUT2D eigenvalue weighted by atomic mass is 9.98. The lowest BCUT2D eigenvalue weighted by Gasteiger charge is -2.14. The number of benzene rings is 1. The van der Waals surface area contributed by atoms with E-state index in [2.05, 4.69) is 30.8 Å². The van der Waals surface area contributed by atoms with Crippen LogP contribution in [0.1, 0.15) is 36.9 Å². The molecule has 0 saturated carbocycles. The van der Waals surface area contributed by atoms with E-state index < -0.39 is 11.8 Å². The molecule has 0 unspecified atom stereocenters. The zero-order valence-electron chi connectivity index (χ0n) is 22.2. The van der Waals surface area contributed by atoms with Crippen molar-refractivity contribution in [2.45, 2.75) is 6.92 Å². The minimum atomic E-state index is -0.719. The molecule has 0 radical (unpaired) electrons. The van der Waals surface area contributed by atoms with Crippen molar-refractivity contribution in [1.29, 1.82) is 0 Å². The zero-order chi connectivity index (χ0) is 29.1.